The zero-order chi connectivity index (χ0) is 18.8. The zero-order valence-corrected chi connectivity index (χ0v) is 16.0. The first-order valence-corrected chi connectivity index (χ1v) is 8.52. The van der Waals surface area contributed by atoms with Crippen molar-refractivity contribution in [2.75, 3.05) is 39.9 Å². The van der Waals surface area contributed by atoms with E-state index in [0.29, 0.717) is 28.8 Å². The van der Waals surface area contributed by atoms with Crippen LogP contribution in [0.3, 0.4) is 0 Å². The molecular formula is C20H21ClN2O3. The molecule has 136 valence electrons. The summed E-state index contributed by atoms with van der Waals surface area (Å²) in [5.74, 6) is 1.22. The van der Waals surface area contributed by atoms with Crippen LogP contribution in [-0.2, 0) is 4.79 Å². The van der Waals surface area contributed by atoms with E-state index in [1.54, 1.807) is 25.2 Å². The third-order valence-electron chi connectivity index (χ3n) is 4.16. The van der Waals surface area contributed by atoms with E-state index in [2.05, 4.69) is 0 Å². The number of amides is 1. The van der Waals surface area contributed by atoms with Crippen molar-refractivity contribution in [2.45, 2.75) is 0 Å². The van der Waals surface area contributed by atoms with Gasteiger partial charge < -0.3 is 9.47 Å². The number of hydrogen-bond acceptors (Lipinski definition) is 4. The highest BCUT2D eigenvalue weighted by atomic mass is 35.5. The van der Waals surface area contributed by atoms with E-state index in [4.69, 9.17) is 21.1 Å². The van der Waals surface area contributed by atoms with Gasteiger partial charge >= 0.3 is 0 Å². The minimum atomic E-state index is -0.0502. The van der Waals surface area contributed by atoms with Gasteiger partial charge in [-0.25, -0.2) is 0 Å². The molecule has 26 heavy (non-hydrogen) atoms. The average Bonchev–Trinajstić information content (AvgIpc) is 2.86. The first-order valence-electron chi connectivity index (χ1n) is 8.15. The molecule has 1 aliphatic rings. The SMILES string of the molecule is COc1ccc(C=C2C(=O)N(CN(C)C)c3cc(Cl)ccc32)cc1OC. The predicted molar refractivity (Wildman–Crippen MR) is 105 cm³/mol. The Labute approximate surface area is 158 Å². The summed E-state index contributed by atoms with van der Waals surface area (Å²) in [6.07, 6.45) is 1.87. The summed E-state index contributed by atoms with van der Waals surface area (Å²) in [5.41, 5.74) is 3.18. The molecule has 0 atom stereocenters. The van der Waals surface area contributed by atoms with E-state index < -0.39 is 0 Å². The summed E-state index contributed by atoms with van der Waals surface area (Å²) in [5, 5.41) is 0.604. The first kappa shape index (κ1) is 18.3. The van der Waals surface area contributed by atoms with Crippen molar-refractivity contribution < 1.29 is 14.3 Å². The molecule has 0 N–H and O–H groups in total. The molecule has 0 unspecified atom stereocenters. The number of ether oxygens (including phenoxy) is 2. The number of benzene rings is 2. The van der Waals surface area contributed by atoms with Crippen molar-refractivity contribution in [2.24, 2.45) is 0 Å². The topological polar surface area (TPSA) is 42.0 Å². The predicted octanol–water partition coefficient (Wildman–Crippen LogP) is 3.76. The molecule has 0 bridgehead atoms. The number of halogens is 1. The molecule has 0 radical (unpaired) electrons. The van der Waals surface area contributed by atoms with Crippen LogP contribution in [0.4, 0.5) is 5.69 Å². The number of nitrogens with zero attached hydrogens (tertiary/aromatic N) is 2. The van der Waals surface area contributed by atoms with Gasteiger partial charge in [0.2, 0.25) is 0 Å². The molecule has 3 rings (SSSR count). The second kappa shape index (κ2) is 7.40. The Kier molecular flexibility index (Phi) is 5.20. The fourth-order valence-electron chi connectivity index (χ4n) is 3.00. The van der Waals surface area contributed by atoms with Gasteiger partial charge in [-0.1, -0.05) is 23.7 Å². The Hall–Kier alpha value is -2.50. The summed E-state index contributed by atoms with van der Waals surface area (Å²) < 4.78 is 10.6. The fraction of sp³-hybridized carbons (Fsp3) is 0.250. The van der Waals surface area contributed by atoms with E-state index in [1.807, 2.05) is 55.4 Å². The summed E-state index contributed by atoms with van der Waals surface area (Å²) >= 11 is 6.15. The van der Waals surface area contributed by atoms with Crippen LogP contribution < -0.4 is 14.4 Å². The van der Waals surface area contributed by atoms with Crippen molar-refractivity contribution >= 4 is 34.8 Å². The van der Waals surface area contributed by atoms with Gasteiger partial charge in [0.05, 0.1) is 26.6 Å². The molecule has 6 heteroatoms. The summed E-state index contributed by atoms with van der Waals surface area (Å²) in [7, 11) is 7.03. The van der Waals surface area contributed by atoms with Gasteiger partial charge in [0, 0.05) is 16.2 Å². The number of hydrogen-bond donors (Lipinski definition) is 0. The maximum absolute atomic E-state index is 13.0. The van der Waals surface area contributed by atoms with Crippen LogP contribution in [0, 0.1) is 0 Å². The van der Waals surface area contributed by atoms with Crippen LogP contribution in [0.25, 0.3) is 11.6 Å². The van der Waals surface area contributed by atoms with Crippen molar-refractivity contribution in [3.8, 4) is 11.5 Å². The smallest absolute Gasteiger partial charge is 0.260 e. The van der Waals surface area contributed by atoms with Gasteiger partial charge in [-0.05, 0) is 50.0 Å². The van der Waals surface area contributed by atoms with Gasteiger partial charge in [-0.2, -0.15) is 0 Å². The summed E-state index contributed by atoms with van der Waals surface area (Å²) in [4.78, 5) is 16.7. The average molecular weight is 373 g/mol. The number of carbonyl (C=O) groups is 1. The highest BCUT2D eigenvalue weighted by molar-refractivity contribution is 6.37. The maximum atomic E-state index is 13.0. The molecule has 1 aliphatic heterocycles. The molecule has 0 fully saturated rings. The molecule has 1 amide bonds. The molecule has 1 heterocycles. The standard InChI is InChI=1S/C20H21ClN2O3/c1-22(2)12-23-17-11-14(21)6-7-15(17)16(20(23)24)9-13-5-8-18(25-3)19(10-13)26-4/h5-11H,12H2,1-4H3. The molecule has 2 aromatic rings. The molecule has 0 spiro atoms. The number of anilines is 1. The monoisotopic (exact) mass is 372 g/mol. The Bertz CT molecular complexity index is 877. The van der Waals surface area contributed by atoms with Gasteiger partial charge in [0.15, 0.2) is 11.5 Å². The lowest BCUT2D eigenvalue weighted by Crippen LogP contribution is -2.35. The molecule has 5 nitrogen and oxygen atoms in total. The van der Waals surface area contributed by atoms with Crippen molar-refractivity contribution in [1.82, 2.24) is 4.90 Å². The van der Waals surface area contributed by atoms with Crippen LogP contribution >= 0.6 is 11.6 Å². The lowest BCUT2D eigenvalue weighted by atomic mass is 10.0. The number of methoxy groups -OCH3 is 2. The van der Waals surface area contributed by atoms with Crippen LogP contribution in [-0.4, -0.2) is 45.8 Å². The van der Waals surface area contributed by atoms with Crippen molar-refractivity contribution in [3.63, 3.8) is 0 Å². The van der Waals surface area contributed by atoms with Gasteiger partial charge in [0.25, 0.3) is 5.91 Å². The number of fused-ring (bicyclic) bond motifs is 1. The lowest BCUT2D eigenvalue weighted by molar-refractivity contribution is -0.113. The zero-order valence-electron chi connectivity index (χ0n) is 15.2. The van der Waals surface area contributed by atoms with E-state index in [9.17, 15) is 4.79 Å². The quantitative estimate of drug-likeness (QED) is 0.749. The fourth-order valence-corrected chi connectivity index (χ4v) is 3.16. The van der Waals surface area contributed by atoms with Crippen molar-refractivity contribution in [1.29, 1.82) is 0 Å². The largest absolute Gasteiger partial charge is 0.493 e. The minimum Gasteiger partial charge on any atom is -0.493 e. The Morgan fingerprint density at radius 1 is 1.08 bits per heavy atom. The van der Waals surface area contributed by atoms with E-state index >= 15 is 0 Å². The molecule has 0 aromatic heterocycles. The molecule has 0 saturated carbocycles. The molecule has 0 saturated heterocycles. The summed E-state index contributed by atoms with van der Waals surface area (Å²) in [6.45, 7) is 0.482. The second-order valence-electron chi connectivity index (χ2n) is 6.29. The van der Waals surface area contributed by atoms with E-state index in [1.165, 1.54) is 0 Å². The Morgan fingerprint density at radius 2 is 1.81 bits per heavy atom. The maximum Gasteiger partial charge on any atom is 0.260 e. The first-order chi connectivity index (χ1) is 12.4. The third kappa shape index (κ3) is 3.41. The third-order valence-corrected chi connectivity index (χ3v) is 4.39. The normalized spacial score (nSPS) is 14.9. The van der Waals surface area contributed by atoms with Crippen LogP contribution in [0.1, 0.15) is 11.1 Å². The second-order valence-corrected chi connectivity index (χ2v) is 6.72. The van der Waals surface area contributed by atoms with Gasteiger partial charge in [-0.15, -0.1) is 0 Å². The van der Waals surface area contributed by atoms with Crippen LogP contribution in [0.5, 0.6) is 11.5 Å². The minimum absolute atomic E-state index is 0.0502. The Morgan fingerprint density at radius 3 is 2.46 bits per heavy atom. The van der Waals surface area contributed by atoms with Crippen LogP contribution in [0.15, 0.2) is 36.4 Å². The number of carbonyl (C=O) groups excluding carboxylic acids is 1. The highest BCUT2D eigenvalue weighted by Gasteiger charge is 2.32. The molecule has 0 aliphatic carbocycles. The van der Waals surface area contributed by atoms with E-state index in [-0.39, 0.29) is 5.91 Å². The molecular weight excluding hydrogens is 352 g/mol. The Balaban J connectivity index is 2.08. The van der Waals surface area contributed by atoms with Gasteiger partial charge in [0.1, 0.15) is 0 Å². The van der Waals surface area contributed by atoms with Crippen molar-refractivity contribution in [3.05, 3.63) is 52.5 Å². The van der Waals surface area contributed by atoms with Crippen LogP contribution in [0.2, 0.25) is 5.02 Å². The molecule has 2 aromatic carbocycles. The van der Waals surface area contributed by atoms with Gasteiger partial charge in [-0.3, -0.25) is 14.6 Å². The summed E-state index contributed by atoms with van der Waals surface area (Å²) in [6, 6.07) is 11.1. The lowest BCUT2D eigenvalue weighted by Gasteiger charge is -2.21. The number of rotatable bonds is 5. The highest BCUT2D eigenvalue weighted by Crippen LogP contribution is 2.40. The van der Waals surface area contributed by atoms with E-state index in [0.717, 1.165) is 16.8 Å².